The molecule has 0 bridgehead atoms. The number of aryl methyl sites for hydroxylation is 1. The number of amides is 1. The Morgan fingerprint density at radius 1 is 1.47 bits per heavy atom. The van der Waals surface area contributed by atoms with E-state index in [1.807, 2.05) is 18.2 Å². The Balaban J connectivity index is 1.90. The van der Waals surface area contributed by atoms with E-state index in [9.17, 15) is 4.79 Å². The van der Waals surface area contributed by atoms with E-state index in [1.54, 1.807) is 23.9 Å². The van der Waals surface area contributed by atoms with Crippen molar-refractivity contribution < 1.29 is 4.79 Å². The molecule has 0 fully saturated rings. The summed E-state index contributed by atoms with van der Waals surface area (Å²) in [5.74, 6) is -0.292. The number of anilines is 1. The lowest BCUT2D eigenvalue weighted by Crippen LogP contribution is -2.16. The summed E-state index contributed by atoms with van der Waals surface area (Å²) in [6, 6.07) is 5.59. The first kappa shape index (κ1) is 12.1. The van der Waals surface area contributed by atoms with Crippen LogP contribution in [0.5, 0.6) is 0 Å². The number of benzene rings is 1. The number of carbonyl (C=O) groups excluding carboxylic acids is 1. The van der Waals surface area contributed by atoms with Gasteiger partial charge in [-0.2, -0.15) is 5.10 Å². The highest BCUT2D eigenvalue weighted by molar-refractivity contribution is 7.16. The Morgan fingerprint density at radius 3 is 3.05 bits per heavy atom. The maximum absolute atomic E-state index is 12.1. The van der Waals surface area contributed by atoms with Gasteiger partial charge in [0.25, 0.3) is 5.91 Å². The van der Waals surface area contributed by atoms with Crippen molar-refractivity contribution >= 4 is 44.7 Å². The Labute approximate surface area is 117 Å². The summed E-state index contributed by atoms with van der Waals surface area (Å²) in [4.78, 5) is 16.3. The van der Waals surface area contributed by atoms with Gasteiger partial charge in [-0.05, 0) is 18.2 Å². The van der Waals surface area contributed by atoms with Crippen LogP contribution in [0.4, 0.5) is 5.69 Å². The molecule has 7 heteroatoms. The largest absolute Gasteiger partial charge is 0.321 e. The smallest absolute Gasteiger partial charge is 0.275 e. The Kier molecular flexibility index (Phi) is 2.96. The molecule has 0 saturated carbocycles. The summed E-state index contributed by atoms with van der Waals surface area (Å²) in [5.41, 5.74) is 3.65. The lowest BCUT2D eigenvalue weighted by atomic mass is 10.3. The third-order valence-corrected chi connectivity index (χ3v) is 3.78. The van der Waals surface area contributed by atoms with Crippen LogP contribution in [0.2, 0.25) is 5.02 Å². The summed E-state index contributed by atoms with van der Waals surface area (Å²) in [5, 5.41) is 7.05. The van der Waals surface area contributed by atoms with Crippen LogP contribution in [0.15, 0.2) is 29.9 Å². The molecule has 2 heterocycles. The van der Waals surface area contributed by atoms with Crippen molar-refractivity contribution in [2.45, 2.75) is 0 Å². The highest BCUT2D eigenvalue weighted by atomic mass is 35.5. The van der Waals surface area contributed by atoms with E-state index >= 15 is 0 Å². The van der Waals surface area contributed by atoms with Gasteiger partial charge in [0.1, 0.15) is 5.69 Å². The van der Waals surface area contributed by atoms with Gasteiger partial charge in [-0.15, -0.1) is 11.3 Å². The summed E-state index contributed by atoms with van der Waals surface area (Å²) in [7, 11) is 1.67. The molecule has 0 unspecified atom stereocenters. The number of hydrogen-bond acceptors (Lipinski definition) is 4. The van der Waals surface area contributed by atoms with Gasteiger partial charge in [0.15, 0.2) is 0 Å². The third kappa shape index (κ3) is 2.20. The second-order valence-corrected chi connectivity index (χ2v) is 5.25. The summed E-state index contributed by atoms with van der Waals surface area (Å²) >= 11 is 7.49. The fourth-order valence-electron chi connectivity index (χ4n) is 1.79. The molecule has 3 aromatic rings. The molecule has 2 aromatic heterocycles. The molecule has 1 amide bonds. The quantitative estimate of drug-likeness (QED) is 0.790. The Morgan fingerprint density at radius 2 is 2.32 bits per heavy atom. The summed E-state index contributed by atoms with van der Waals surface area (Å²) in [6.45, 7) is 0. The zero-order valence-electron chi connectivity index (χ0n) is 9.92. The first-order chi connectivity index (χ1) is 9.15. The Hall–Kier alpha value is -1.92. The minimum atomic E-state index is -0.292. The lowest BCUT2D eigenvalue weighted by Gasteiger charge is -2.05. The van der Waals surface area contributed by atoms with Crippen molar-refractivity contribution in [3.8, 4) is 0 Å². The summed E-state index contributed by atoms with van der Waals surface area (Å²) in [6.07, 6.45) is 1.44. The number of aromatic nitrogens is 3. The van der Waals surface area contributed by atoms with Gasteiger partial charge < -0.3 is 5.32 Å². The topological polar surface area (TPSA) is 59.8 Å². The van der Waals surface area contributed by atoms with Crippen molar-refractivity contribution in [1.82, 2.24) is 14.8 Å². The molecule has 0 aliphatic carbocycles. The normalized spacial score (nSPS) is 10.8. The maximum Gasteiger partial charge on any atom is 0.275 e. The highest BCUT2D eigenvalue weighted by Gasteiger charge is 2.15. The highest BCUT2D eigenvalue weighted by Crippen LogP contribution is 2.22. The first-order valence-corrected chi connectivity index (χ1v) is 6.73. The fraction of sp³-hybridized carbons (Fsp3) is 0.0833. The number of rotatable bonds is 2. The molecule has 0 atom stereocenters. The van der Waals surface area contributed by atoms with Gasteiger partial charge in [-0.25, -0.2) is 4.98 Å². The van der Waals surface area contributed by atoms with Crippen molar-refractivity contribution in [2.75, 3.05) is 5.32 Å². The fourth-order valence-corrected chi connectivity index (χ4v) is 2.70. The minimum absolute atomic E-state index is 0.292. The maximum atomic E-state index is 12.1. The number of carbonyl (C=O) groups is 1. The number of hydrogen-bond donors (Lipinski definition) is 1. The monoisotopic (exact) mass is 292 g/mol. The number of nitrogens with zero attached hydrogens (tertiary/aromatic N) is 3. The van der Waals surface area contributed by atoms with E-state index in [4.69, 9.17) is 11.6 Å². The van der Waals surface area contributed by atoms with E-state index in [2.05, 4.69) is 15.4 Å². The SMILES string of the molecule is Cn1ncc(Cl)c1C(=O)Nc1ccc2scnc2c1. The lowest BCUT2D eigenvalue weighted by molar-refractivity contribution is 0.101. The second kappa shape index (κ2) is 4.64. The molecule has 19 heavy (non-hydrogen) atoms. The molecule has 96 valence electrons. The molecule has 0 spiro atoms. The van der Waals surface area contributed by atoms with Crippen molar-refractivity contribution in [3.05, 3.63) is 40.6 Å². The van der Waals surface area contributed by atoms with Gasteiger partial charge >= 0.3 is 0 Å². The number of nitrogens with one attached hydrogen (secondary N) is 1. The zero-order chi connectivity index (χ0) is 13.4. The predicted molar refractivity (Wildman–Crippen MR) is 75.8 cm³/mol. The van der Waals surface area contributed by atoms with Crippen LogP contribution in [0, 0.1) is 0 Å². The average Bonchev–Trinajstić information content (AvgIpc) is 2.95. The van der Waals surface area contributed by atoms with E-state index in [0.717, 1.165) is 10.2 Å². The van der Waals surface area contributed by atoms with Crippen molar-refractivity contribution in [2.24, 2.45) is 7.05 Å². The molecule has 0 radical (unpaired) electrons. The minimum Gasteiger partial charge on any atom is -0.321 e. The van der Waals surface area contributed by atoms with Crippen LogP contribution in [-0.2, 0) is 7.05 Å². The molecule has 1 N–H and O–H groups in total. The molecule has 0 saturated heterocycles. The van der Waals surface area contributed by atoms with Gasteiger partial charge in [0.05, 0.1) is 26.9 Å². The van der Waals surface area contributed by atoms with Crippen molar-refractivity contribution in [1.29, 1.82) is 0 Å². The Bertz CT molecular complexity index is 745. The van der Waals surface area contributed by atoms with E-state index in [-0.39, 0.29) is 5.91 Å². The second-order valence-electron chi connectivity index (χ2n) is 3.95. The zero-order valence-corrected chi connectivity index (χ0v) is 11.5. The third-order valence-electron chi connectivity index (χ3n) is 2.70. The van der Waals surface area contributed by atoms with E-state index in [1.165, 1.54) is 10.9 Å². The number of fused-ring (bicyclic) bond motifs is 1. The van der Waals surface area contributed by atoms with Crippen LogP contribution in [0.1, 0.15) is 10.5 Å². The van der Waals surface area contributed by atoms with E-state index < -0.39 is 0 Å². The van der Waals surface area contributed by atoms with Crippen LogP contribution >= 0.6 is 22.9 Å². The molecule has 1 aromatic carbocycles. The van der Waals surface area contributed by atoms with Crippen LogP contribution in [0.25, 0.3) is 10.2 Å². The standard InChI is InChI=1S/C12H9ClN4OS/c1-17-11(8(13)5-15-17)12(18)16-7-2-3-10-9(4-7)14-6-19-10/h2-6H,1H3,(H,16,18). The molecule has 0 aliphatic rings. The van der Waals surface area contributed by atoms with Crippen molar-refractivity contribution in [3.63, 3.8) is 0 Å². The van der Waals surface area contributed by atoms with Gasteiger partial charge in [-0.3, -0.25) is 9.48 Å². The van der Waals surface area contributed by atoms with Crippen LogP contribution in [0.3, 0.4) is 0 Å². The predicted octanol–water partition coefficient (Wildman–Crippen LogP) is 2.94. The molecule has 0 aliphatic heterocycles. The molecule has 3 rings (SSSR count). The van der Waals surface area contributed by atoms with Crippen LogP contribution in [-0.4, -0.2) is 20.7 Å². The molecular weight excluding hydrogens is 284 g/mol. The number of thiazole rings is 1. The average molecular weight is 293 g/mol. The molecular formula is C12H9ClN4OS. The summed E-state index contributed by atoms with van der Waals surface area (Å²) < 4.78 is 2.52. The number of halogens is 1. The molecule has 5 nitrogen and oxygen atoms in total. The first-order valence-electron chi connectivity index (χ1n) is 5.47. The van der Waals surface area contributed by atoms with Crippen LogP contribution < -0.4 is 5.32 Å². The van der Waals surface area contributed by atoms with Gasteiger partial charge in [-0.1, -0.05) is 11.6 Å². The van der Waals surface area contributed by atoms with Gasteiger partial charge in [0, 0.05) is 12.7 Å². The van der Waals surface area contributed by atoms with Gasteiger partial charge in [0.2, 0.25) is 0 Å². The van der Waals surface area contributed by atoms with E-state index in [0.29, 0.717) is 16.4 Å².